The average Bonchev–Trinajstić information content (AvgIpc) is 2.43. The van der Waals surface area contributed by atoms with Crippen molar-refractivity contribution in [3.8, 4) is 5.75 Å². The van der Waals surface area contributed by atoms with Crippen LogP contribution in [-0.4, -0.2) is 50.9 Å². The fraction of sp³-hybridized carbons (Fsp3) is 0.647. The van der Waals surface area contributed by atoms with Gasteiger partial charge in [-0.2, -0.15) is 0 Å². The van der Waals surface area contributed by atoms with Crippen LogP contribution in [0.1, 0.15) is 26.3 Å². The van der Waals surface area contributed by atoms with E-state index in [1.54, 1.807) is 14.2 Å². The molecule has 0 aliphatic rings. The van der Waals surface area contributed by atoms with Gasteiger partial charge in [0, 0.05) is 37.3 Å². The van der Waals surface area contributed by atoms with Crippen LogP contribution in [0.2, 0.25) is 0 Å². The number of nitrogens with zero attached hydrogens (tertiary/aromatic N) is 1. The van der Waals surface area contributed by atoms with Crippen molar-refractivity contribution in [2.75, 3.05) is 34.4 Å². The third kappa shape index (κ3) is 6.46. The number of benzene rings is 1. The van der Waals surface area contributed by atoms with E-state index in [2.05, 4.69) is 44.1 Å². The van der Waals surface area contributed by atoms with Crippen LogP contribution in [0, 0.1) is 0 Å². The van der Waals surface area contributed by atoms with Crippen LogP contribution in [0.25, 0.3) is 0 Å². The molecule has 1 unspecified atom stereocenters. The van der Waals surface area contributed by atoms with Crippen molar-refractivity contribution in [1.29, 1.82) is 0 Å². The number of likely N-dealkylation sites (N-methyl/N-ethyl adjacent to an activating group) is 1. The Bertz CT molecular complexity index is 415. The van der Waals surface area contributed by atoms with Crippen LogP contribution in [0.5, 0.6) is 5.75 Å². The predicted octanol–water partition coefficient (Wildman–Crippen LogP) is 2.53. The molecule has 1 aromatic carbocycles. The van der Waals surface area contributed by atoms with E-state index in [0.29, 0.717) is 12.6 Å². The largest absolute Gasteiger partial charge is 0.496 e. The fourth-order valence-corrected chi connectivity index (χ4v) is 2.19. The Morgan fingerprint density at radius 1 is 1.19 bits per heavy atom. The highest BCUT2D eigenvalue weighted by atomic mass is 16.5. The van der Waals surface area contributed by atoms with Crippen molar-refractivity contribution < 1.29 is 9.47 Å². The second kappa shape index (κ2) is 8.37. The smallest absolute Gasteiger partial charge is 0.123 e. The van der Waals surface area contributed by atoms with E-state index in [4.69, 9.17) is 9.47 Å². The molecule has 0 heterocycles. The molecule has 4 nitrogen and oxygen atoms in total. The van der Waals surface area contributed by atoms with E-state index in [0.717, 1.165) is 18.8 Å². The van der Waals surface area contributed by atoms with E-state index in [9.17, 15) is 0 Å². The zero-order valence-electron chi connectivity index (χ0n) is 14.3. The van der Waals surface area contributed by atoms with Gasteiger partial charge in [0.2, 0.25) is 0 Å². The SMILES string of the molecule is COCC(CNC(C)(C)C)N(C)Cc1ccccc1OC. The molecule has 0 saturated heterocycles. The van der Waals surface area contributed by atoms with Crippen LogP contribution in [0.15, 0.2) is 24.3 Å². The molecular formula is C17H30N2O2. The molecule has 1 atom stereocenters. The van der Waals surface area contributed by atoms with Gasteiger partial charge in [-0.15, -0.1) is 0 Å². The first kappa shape index (κ1) is 18.0. The maximum absolute atomic E-state index is 5.43. The summed E-state index contributed by atoms with van der Waals surface area (Å²) in [6, 6.07) is 8.47. The van der Waals surface area contributed by atoms with Crippen molar-refractivity contribution in [2.24, 2.45) is 0 Å². The Balaban J connectivity index is 2.69. The molecular weight excluding hydrogens is 264 g/mol. The molecule has 0 aromatic heterocycles. The first-order chi connectivity index (χ1) is 9.87. The zero-order chi connectivity index (χ0) is 15.9. The van der Waals surface area contributed by atoms with Gasteiger partial charge in [-0.1, -0.05) is 18.2 Å². The maximum atomic E-state index is 5.43. The zero-order valence-corrected chi connectivity index (χ0v) is 14.3. The quantitative estimate of drug-likeness (QED) is 0.799. The van der Waals surface area contributed by atoms with E-state index in [-0.39, 0.29) is 5.54 Å². The summed E-state index contributed by atoms with van der Waals surface area (Å²) in [5, 5.41) is 3.55. The number of rotatable bonds is 8. The van der Waals surface area contributed by atoms with Crippen LogP contribution < -0.4 is 10.1 Å². The monoisotopic (exact) mass is 294 g/mol. The van der Waals surface area contributed by atoms with Gasteiger partial charge in [0.1, 0.15) is 5.75 Å². The van der Waals surface area contributed by atoms with Crippen molar-refractivity contribution in [3.63, 3.8) is 0 Å². The summed E-state index contributed by atoms with van der Waals surface area (Å²) in [6.45, 7) is 8.97. The molecule has 1 rings (SSSR count). The van der Waals surface area contributed by atoms with Gasteiger partial charge in [-0.25, -0.2) is 0 Å². The molecule has 0 aliphatic carbocycles. The van der Waals surface area contributed by atoms with Gasteiger partial charge in [-0.3, -0.25) is 4.90 Å². The van der Waals surface area contributed by atoms with Crippen molar-refractivity contribution in [3.05, 3.63) is 29.8 Å². The van der Waals surface area contributed by atoms with Crippen LogP contribution in [-0.2, 0) is 11.3 Å². The molecule has 21 heavy (non-hydrogen) atoms. The Labute approximate surface area is 129 Å². The summed E-state index contributed by atoms with van der Waals surface area (Å²) in [5.74, 6) is 0.935. The predicted molar refractivity (Wildman–Crippen MR) is 87.9 cm³/mol. The van der Waals surface area contributed by atoms with Crippen molar-refractivity contribution >= 4 is 0 Å². The average molecular weight is 294 g/mol. The van der Waals surface area contributed by atoms with Gasteiger partial charge in [-0.05, 0) is 33.9 Å². The number of nitrogens with one attached hydrogen (secondary N) is 1. The summed E-state index contributed by atoms with van der Waals surface area (Å²) >= 11 is 0. The first-order valence-electron chi connectivity index (χ1n) is 7.43. The molecule has 4 heteroatoms. The summed E-state index contributed by atoms with van der Waals surface area (Å²) in [7, 11) is 5.59. The van der Waals surface area contributed by atoms with E-state index >= 15 is 0 Å². The minimum absolute atomic E-state index is 0.108. The Morgan fingerprint density at radius 2 is 1.86 bits per heavy atom. The lowest BCUT2D eigenvalue weighted by Gasteiger charge is -2.31. The van der Waals surface area contributed by atoms with Gasteiger partial charge < -0.3 is 14.8 Å². The molecule has 0 radical (unpaired) electrons. The number of hydrogen-bond acceptors (Lipinski definition) is 4. The highest BCUT2D eigenvalue weighted by Gasteiger charge is 2.19. The van der Waals surface area contributed by atoms with Crippen molar-refractivity contribution in [2.45, 2.75) is 38.9 Å². The molecule has 1 N–H and O–H groups in total. The molecule has 0 saturated carbocycles. The molecule has 0 spiro atoms. The minimum Gasteiger partial charge on any atom is -0.496 e. The maximum Gasteiger partial charge on any atom is 0.123 e. The third-order valence-corrected chi connectivity index (χ3v) is 3.46. The van der Waals surface area contributed by atoms with Gasteiger partial charge in [0.25, 0.3) is 0 Å². The third-order valence-electron chi connectivity index (χ3n) is 3.46. The highest BCUT2D eigenvalue weighted by Crippen LogP contribution is 2.19. The number of para-hydroxylation sites is 1. The fourth-order valence-electron chi connectivity index (χ4n) is 2.19. The lowest BCUT2D eigenvalue weighted by atomic mass is 10.1. The number of methoxy groups -OCH3 is 2. The van der Waals surface area contributed by atoms with Gasteiger partial charge in [0.15, 0.2) is 0 Å². The summed E-state index contributed by atoms with van der Waals surface area (Å²) in [4.78, 5) is 2.31. The van der Waals surface area contributed by atoms with E-state index in [1.807, 2.05) is 18.2 Å². The Morgan fingerprint density at radius 3 is 2.43 bits per heavy atom. The summed E-state index contributed by atoms with van der Waals surface area (Å²) < 4.78 is 10.8. The van der Waals surface area contributed by atoms with Crippen molar-refractivity contribution in [1.82, 2.24) is 10.2 Å². The molecule has 0 amide bonds. The molecule has 0 fully saturated rings. The molecule has 1 aromatic rings. The lowest BCUT2D eigenvalue weighted by molar-refractivity contribution is 0.0968. The molecule has 120 valence electrons. The van der Waals surface area contributed by atoms with E-state index in [1.165, 1.54) is 5.56 Å². The lowest BCUT2D eigenvalue weighted by Crippen LogP contribution is -2.48. The van der Waals surface area contributed by atoms with Gasteiger partial charge >= 0.3 is 0 Å². The normalized spacial score (nSPS) is 13.5. The standard InChI is InChI=1S/C17H30N2O2/c1-17(2,3)18-11-15(13-20-5)19(4)12-14-9-7-8-10-16(14)21-6/h7-10,15,18H,11-13H2,1-6H3. The Hall–Kier alpha value is -1.10. The highest BCUT2D eigenvalue weighted by molar-refractivity contribution is 5.33. The number of ether oxygens (including phenoxy) is 2. The van der Waals surface area contributed by atoms with E-state index < -0.39 is 0 Å². The summed E-state index contributed by atoms with van der Waals surface area (Å²) in [5.41, 5.74) is 1.30. The molecule has 0 bridgehead atoms. The minimum atomic E-state index is 0.108. The summed E-state index contributed by atoms with van der Waals surface area (Å²) in [6.07, 6.45) is 0. The number of hydrogen-bond donors (Lipinski definition) is 1. The Kier molecular flexibility index (Phi) is 7.15. The van der Waals surface area contributed by atoms with Crippen LogP contribution in [0.4, 0.5) is 0 Å². The first-order valence-corrected chi connectivity index (χ1v) is 7.43. The van der Waals surface area contributed by atoms with Gasteiger partial charge in [0.05, 0.1) is 13.7 Å². The molecule has 0 aliphatic heterocycles. The second-order valence-electron chi connectivity index (χ2n) is 6.47. The van der Waals surface area contributed by atoms with Crippen LogP contribution in [0.3, 0.4) is 0 Å². The van der Waals surface area contributed by atoms with Crippen LogP contribution >= 0.6 is 0 Å². The topological polar surface area (TPSA) is 33.7 Å². The second-order valence-corrected chi connectivity index (χ2v) is 6.47.